The van der Waals surface area contributed by atoms with Crippen LogP contribution < -0.4 is 16.6 Å². The zero-order valence-electron chi connectivity index (χ0n) is 10.8. The van der Waals surface area contributed by atoms with Gasteiger partial charge in [-0.15, -0.1) is 0 Å². The summed E-state index contributed by atoms with van der Waals surface area (Å²) in [6, 6.07) is 3.00. The summed E-state index contributed by atoms with van der Waals surface area (Å²) < 4.78 is 0. The minimum absolute atomic E-state index is 0.0716. The fourth-order valence-corrected chi connectivity index (χ4v) is 1.95. The van der Waals surface area contributed by atoms with Crippen molar-refractivity contribution in [2.75, 3.05) is 18.6 Å². The average Bonchev–Trinajstić information content (AvgIpc) is 2.35. The van der Waals surface area contributed by atoms with Crippen molar-refractivity contribution in [3.05, 3.63) is 27.7 Å². The summed E-state index contributed by atoms with van der Waals surface area (Å²) in [4.78, 5) is 12.0. The molecule has 0 radical (unpaired) electrons. The fourth-order valence-electron chi connectivity index (χ4n) is 1.35. The lowest BCUT2D eigenvalue weighted by atomic mass is 10.1. The number of Topliss-reactive ketones (excluding diaryl/α,β-unsaturated/α-hetero) is 1. The van der Waals surface area contributed by atoms with Crippen molar-refractivity contribution >= 4 is 34.7 Å². The number of halogens is 2. The van der Waals surface area contributed by atoms with E-state index in [0.717, 1.165) is 0 Å². The summed E-state index contributed by atoms with van der Waals surface area (Å²) in [6.07, 6.45) is 0. The maximum absolute atomic E-state index is 12.0. The van der Waals surface area contributed by atoms with Crippen molar-refractivity contribution in [2.45, 2.75) is 19.4 Å². The van der Waals surface area contributed by atoms with E-state index in [4.69, 9.17) is 34.2 Å². The first-order chi connectivity index (χ1) is 8.80. The molecule has 1 aromatic carbocycles. The number of ketones is 1. The Morgan fingerprint density at radius 3 is 2.32 bits per heavy atom. The number of hydrogen-bond acceptors (Lipinski definition) is 5. The second kappa shape index (κ2) is 6.54. The molecular weight excluding hydrogens is 289 g/mol. The molecule has 5 N–H and O–H groups in total. The molecule has 0 unspecified atom stereocenters. The van der Waals surface area contributed by atoms with Crippen LogP contribution in [0.3, 0.4) is 0 Å². The largest absolute Gasteiger partial charge is 0.394 e. The van der Waals surface area contributed by atoms with E-state index in [1.807, 2.05) is 0 Å². The van der Waals surface area contributed by atoms with Gasteiger partial charge in [0.1, 0.15) is 0 Å². The molecule has 7 heteroatoms. The number of hydrogen-bond donors (Lipinski definition) is 4. The normalized spacial score (nSPS) is 11.5. The van der Waals surface area contributed by atoms with E-state index < -0.39 is 5.54 Å². The molecule has 0 saturated heterocycles. The summed E-state index contributed by atoms with van der Waals surface area (Å²) in [5.41, 5.74) is 2.61. The molecule has 1 aromatic rings. The summed E-state index contributed by atoms with van der Waals surface area (Å²) in [5, 5.41) is 12.6. The Bertz CT molecular complexity index is 455. The topological polar surface area (TPSA) is 87.4 Å². The highest BCUT2D eigenvalue weighted by Gasteiger charge is 2.18. The molecule has 5 nitrogen and oxygen atoms in total. The molecular formula is C12H17Cl2N3O2. The Morgan fingerprint density at radius 1 is 1.37 bits per heavy atom. The second-order valence-corrected chi connectivity index (χ2v) is 5.59. The van der Waals surface area contributed by atoms with Gasteiger partial charge in [-0.3, -0.25) is 10.6 Å². The Balaban J connectivity index is 2.84. The molecule has 0 aliphatic heterocycles. The maximum Gasteiger partial charge on any atom is 0.176 e. The van der Waals surface area contributed by atoms with Gasteiger partial charge in [-0.25, -0.2) is 0 Å². The van der Waals surface area contributed by atoms with E-state index in [2.05, 4.69) is 10.7 Å². The van der Waals surface area contributed by atoms with Gasteiger partial charge in [-0.1, -0.05) is 23.2 Å². The molecule has 0 saturated carbocycles. The van der Waals surface area contributed by atoms with Crippen LogP contribution in [-0.2, 0) is 0 Å². The van der Waals surface area contributed by atoms with E-state index in [9.17, 15) is 4.79 Å². The number of nitrogens with two attached hydrogens (primary N) is 1. The van der Waals surface area contributed by atoms with Crippen LogP contribution in [0.5, 0.6) is 0 Å². The number of carbonyl (C=O) groups excluding carboxylic acids is 1. The van der Waals surface area contributed by atoms with E-state index in [0.29, 0.717) is 11.3 Å². The van der Waals surface area contributed by atoms with Crippen LogP contribution in [0, 0.1) is 0 Å². The van der Waals surface area contributed by atoms with Crippen LogP contribution in [0.25, 0.3) is 0 Å². The highest BCUT2D eigenvalue weighted by atomic mass is 35.5. The van der Waals surface area contributed by atoms with Gasteiger partial charge >= 0.3 is 0 Å². The molecule has 0 atom stereocenters. The van der Waals surface area contributed by atoms with Crippen molar-refractivity contribution in [1.29, 1.82) is 0 Å². The molecule has 0 spiro atoms. The SMILES string of the molecule is CC(C)(CO)NCC(=O)c1cc(Cl)c(NN)c(Cl)c1. The first-order valence-corrected chi connectivity index (χ1v) is 6.41. The number of carbonyl (C=O) groups is 1. The van der Waals surface area contributed by atoms with Gasteiger partial charge in [-0.2, -0.15) is 0 Å². The summed E-state index contributed by atoms with van der Waals surface area (Å²) in [6.45, 7) is 3.59. The van der Waals surface area contributed by atoms with Crippen LogP contribution >= 0.6 is 23.2 Å². The second-order valence-electron chi connectivity index (χ2n) is 4.78. The van der Waals surface area contributed by atoms with Crippen molar-refractivity contribution in [3.63, 3.8) is 0 Å². The van der Waals surface area contributed by atoms with Gasteiger partial charge in [0.15, 0.2) is 5.78 Å². The van der Waals surface area contributed by atoms with Gasteiger partial charge in [-0.05, 0) is 26.0 Å². The number of aliphatic hydroxyl groups is 1. The highest BCUT2D eigenvalue weighted by Crippen LogP contribution is 2.31. The van der Waals surface area contributed by atoms with Gasteiger partial charge in [0.05, 0.1) is 28.9 Å². The number of aliphatic hydroxyl groups excluding tert-OH is 1. The van der Waals surface area contributed by atoms with E-state index in [1.165, 1.54) is 12.1 Å². The molecule has 0 fully saturated rings. The van der Waals surface area contributed by atoms with Crippen LogP contribution in [0.4, 0.5) is 5.69 Å². The van der Waals surface area contributed by atoms with Crippen molar-refractivity contribution < 1.29 is 9.90 Å². The number of hydrazine groups is 1. The number of anilines is 1. The molecule has 106 valence electrons. The molecule has 0 aliphatic carbocycles. The zero-order chi connectivity index (χ0) is 14.6. The Hall–Kier alpha value is -0.850. The van der Waals surface area contributed by atoms with Crippen LogP contribution in [0.1, 0.15) is 24.2 Å². The van der Waals surface area contributed by atoms with Crippen LogP contribution in [-0.4, -0.2) is 29.6 Å². The van der Waals surface area contributed by atoms with Crippen molar-refractivity contribution in [1.82, 2.24) is 5.32 Å². The molecule has 0 amide bonds. The quantitative estimate of drug-likeness (QED) is 0.366. The van der Waals surface area contributed by atoms with Crippen LogP contribution in [0.2, 0.25) is 10.0 Å². The van der Waals surface area contributed by atoms with E-state index in [1.54, 1.807) is 13.8 Å². The highest BCUT2D eigenvalue weighted by molar-refractivity contribution is 6.39. The standard InChI is InChI=1S/C12H17Cl2N3O2/c1-12(2,6-18)16-5-10(19)7-3-8(13)11(17-15)9(14)4-7/h3-4,16-18H,5-6,15H2,1-2H3. The van der Waals surface area contributed by atoms with Crippen LogP contribution in [0.15, 0.2) is 12.1 Å². The number of nitrogen functional groups attached to an aromatic ring is 1. The molecule has 0 heterocycles. The molecule has 0 bridgehead atoms. The van der Waals surface area contributed by atoms with Gasteiger partial charge in [0.25, 0.3) is 0 Å². The third-order valence-electron chi connectivity index (χ3n) is 2.63. The molecule has 19 heavy (non-hydrogen) atoms. The molecule has 0 aliphatic rings. The Morgan fingerprint density at radius 2 is 1.89 bits per heavy atom. The lowest BCUT2D eigenvalue weighted by Crippen LogP contribution is -2.45. The van der Waals surface area contributed by atoms with E-state index >= 15 is 0 Å². The third-order valence-corrected chi connectivity index (χ3v) is 3.23. The lowest BCUT2D eigenvalue weighted by molar-refractivity contribution is 0.0968. The number of rotatable bonds is 6. The number of benzene rings is 1. The van der Waals surface area contributed by atoms with Gasteiger partial charge in [0.2, 0.25) is 0 Å². The summed E-state index contributed by atoms with van der Waals surface area (Å²) in [5.74, 6) is 5.10. The number of nitrogens with one attached hydrogen (secondary N) is 2. The van der Waals surface area contributed by atoms with E-state index in [-0.39, 0.29) is 29.0 Å². The van der Waals surface area contributed by atoms with Crippen molar-refractivity contribution in [3.8, 4) is 0 Å². The predicted octanol–water partition coefficient (Wildman–Crippen LogP) is 1.82. The monoisotopic (exact) mass is 305 g/mol. The first kappa shape index (κ1) is 16.2. The average molecular weight is 306 g/mol. The third kappa shape index (κ3) is 4.33. The minimum atomic E-state index is -0.526. The van der Waals surface area contributed by atoms with Gasteiger partial charge < -0.3 is 15.8 Å². The predicted molar refractivity (Wildman–Crippen MR) is 77.8 cm³/mol. The molecule has 0 aromatic heterocycles. The smallest absolute Gasteiger partial charge is 0.176 e. The maximum atomic E-state index is 12.0. The Kier molecular flexibility index (Phi) is 5.58. The minimum Gasteiger partial charge on any atom is -0.394 e. The lowest BCUT2D eigenvalue weighted by Gasteiger charge is -2.23. The Labute approximate surface area is 122 Å². The first-order valence-electron chi connectivity index (χ1n) is 5.65. The van der Waals surface area contributed by atoms with Gasteiger partial charge in [0, 0.05) is 11.1 Å². The summed E-state index contributed by atoms with van der Waals surface area (Å²) >= 11 is 11.9. The van der Waals surface area contributed by atoms with Crippen molar-refractivity contribution in [2.24, 2.45) is 5.84 Å². The summed E-state index contributed by atoms with van der Waals surface area (Å²) in [7, 11) is 0. The zero-order valence-corrected chi connectivity index (χ0v) is 12.3. The molecule has 1 rings (SSSR count). The fraction of sp³-hybridized carbons (Fsp3) is 0.417.